The van der Waals surface area contributed by atoms with Crippen LogP contribution in [0, 0.1) is 0 Å². The Morgan fingerprint density at radius 1 is 0.969 bits per heavy atom. The van der Waals surface area contributed by atoms with E-state index in [0.717, 1.165) is 17.2 Å². The molecule has 3 aromatic carbocycles. The normalized spacial score (nSPS) is 12.2. The van der Waals surface area contributed by atoms with E-state index < -0.39 is 0 Å². The molecule has 5 heteroatoms. The summed E-state index contributed by atoms with van der Waals surface area (Å²) in [6.45, 7) is 7.16. The first-order chi connectivity index (χ1) is 15.6. The van der Waals surface area contributed by atoms with Crippen LogP contribution < -0.4 is 5.56 Å². The van der Waals surface area contributed by atoms with Crippen LogP contribution in [0.25, 0.3) is 21.7 Å². The number of nitrogens with zero attached hydrogens (tertiary/aromatic N) is 3. The SMILES string of the molecule is CCCn1c(C(CC)N(CC)C(=O)c2ccc3ccccc3c2)nc2ccccc2c1=O. The van der Waals surface area contributed by atoms with E-state index in [4.69, 9.17) is 4.98 Å². The van der Waals surface area contributed by atoms with Crippen molar-refractivity contribution in [3.8, 4) is 0 Å². The second kappa shape index (κ2) is 9.35. The van der Waals surface area contributed by atoms with Crippen molar-refractivity contribution in [2.24, 2.45) is 0 Å². The number of hydrogen-bond donors (Lipinski definition) is 0. The van der Waals surface area contributed by atoms with Crippen molar-refractivity contribution >= 4 is 27.6 Å². The van der Waals surface area contributed by atoms with Gasteiger partial charge in [-0.3, -0.25) is 14.2 Å². The number of carbonyl (C=O) groups is 1. The van der Waals surface area contributed by atoms with Crippen LogP contribution in [0.3, 0.4) is 0 Å². The van der Waals surface area contributed by atoms with Crippen molar-refractivity contribution < 1.29 is 4.79 Å². The summed E-state index contributed by atoms with van der Waals surface area (Å²) in [5.41, 5.74) is 1.28. The topological polar surface area (TPSA) is 55.2 Å². The van der Waals surface area contributed by atoms with Crippen molar-refractivity contribution in [3.63, 3.8) is 0 Å². The molecule has 0 radical (unpaired) electrons. The smallest absolute Gasteiger partial charge is 0.261 e. The maximum absolute atomic E-state index is 13.6. The average molecular weight is 428 g/mol. The fraction of sp³-hybridized carbons (Fsp3) is 0.296. The van der Waals surface area contributed by atoms with Gasteiger partial charge in [0, 0.05) is 18.7 Å². The minimum Gasteiger partial charge on any atom is -0.329 e. The van der Waals surface area contributed by atoms with Crippen molar-refractivity contribution in [1.82, 2.24) is 14.5 Å². The highest BCUT2D eigenvalue weighted by atomic mass is 16.2. The Bertz CT molecular complexity index is 1330. The van der Waals surface area contributed by atoms with Gasteiger partial charge in [-0.15, -0.1) is 0 Å². The summed E-state index contributed by atoms with van der Waals surface area (Å²) in [6.07, 6.45) is 1.48. The fourth-order valence-corrected chi connectivity index (χ4v) is 4.42. The molecule has 0 bridgehead atoms. The minimum absolute atomic E-state index is 0.0416. The van der Waals surface area contributed by atoms with Gasteiger partial charge in [0.1, 0.15) is 5.82 Å². The zero-order valence-electron chi connectivity index (χ0n) is 18.9. The highest BCUT2D eigenvalue weighted by Gasteiger charge is 2.28. The van der Waals surface area contributed by atoms with Gasteiger partial charge in [0.2, 0.25) is 0 Å². The summed E-state index contributed by atoms with van der Waals surface area (Å²) in [5.74, 6) is 0.615. The van der Waals surface area contributed by atoms with E-state index in [-0.39, 0.29) is 17.5 Å². The molecule has 32 heavy (non-hydrogen) atoms. The molecule has 1 amide bonds. The third kappa shape index (κ3) is 3.91. The van der Waals surface area contributed by atoms with Crippen molar-refractivity contribution in [2.45, 2.75) is 46.2 Å². The molecule has 0 saturated heterocycles. The highest BCUT2D eigenvalue weighted by molar-refractivity contribution is 5.98. The molecule has 4 rings (SSSR count). The molecular formula is C27H29N3O2. The molecule has 1 heterocycles. The number of aromatic nitrogens is 2. The molecule has 0 fully saturated rings. The number of hydrogen-bond acceptors (Lipinski definition) is 3. The molecule has 5 nitrogen and oxygen atoms in total. The van der Waals surface area contributed by atoms with E-state index in [9.17, 15) is 9.59 Å². The maximum atomic E-state index is 13.6. The van der Waals surface area contributed by atoms with Gasteiger partial charge in [0.15, 0.2) is 0 Å². The number of carbonyl (C=O) groups excluding carboxylic acids is 1. The van der Waals surface area contributed by atoms with Gasteiger partial charge < -0.3 is 4.90 Å². The Labute approximate surface area is 188 Å². The lowest BCUT2D eigenvalue weighted by molar-refractivity contribution is 0.0669. The second-order valence-corrected chi connectivity index (χ2v) is 8.02. The second-order valence-electron chi connectivity index (χ2n) is 8.02. The van der Waals surface area contributed by atoms with Crippen molar-refractivity contribution in [1.29, 1.82) is 0 Å². The summed E-state index contributed by atoms with van der Waals surface area (Å²) in [4.78, 5) is 33.6. The van der Waals surface area contributed by atoms with Gasteiger partial charge in [-0.2, -0.15) is 0 Å². The van der Waals surface area contributed by atoms with Crippen molar-refractivity contribution in [3.05, 3.63) is 88.5 Å². The summed E-state index contributed by atoms with van der Waals surface area (Å²) < 4.78 is 1.76. The van der Waals surface area contributed by atoms with E-state index in [0.29, 0.717) is 41.8 Å². The van der Waals surface area contributed by atoms with Crippen LogP contribution in [-0.2, 0) is 6.54 Å². The van der Waals surface area contributed by atoms with Crippen LogP contribution >= 0.6 is 0 Å². The third-order valence-corrected chi connectivity index (χ3v) is 6.00. The first-order valence-corrected chi connectivity index (χ1v) is 11.4. The van der Waals surface area contributed by atoms with Gasteiger partial charge in [-0.25, -0.2) is 4.98 Å². The monoisotopic (exact) mass is 427 g/mol. The Kier molecular flexibility index (Phi) is 6.35. The van der Waals surface area contributed by atoms with Crippen LogP contribution in [0.1, 0.15) is 55.8 Å². The Morgan fingerprint density at radius 2 is 1.69 bits per heavy atom. The van der Waals surface area contributed by atoms with E-state index in [1.807, 2.05) is 92.4 Å². The Hall–Kier alpha value is -3.47. The van der Waals surface area contributed by atoms with Crippen LogP contribution in [0.15, 0.2) is 71.5 Å². The number of rotatable bonds is 7. The molecule has 0 aliphatic heterocycles. The lowest BCUT2D eigenvalue weighted by atomic mass is 10.0. The van der Waals surface area contributed by atoms with Crippen LogP contribution in [0.5, 0.6) is 0 Å². The first-order valence-electron chi connectivity index (χ1n) is 11.4. The average Bonchev–Trinajstić information content (AvgIpc) is 2.83. The largest absolute Gasteiger partial charge is 0.329 e. The molecule has 1 atom stereocenters. The van der Waals surface area contributed by atoms with Gasteiger partial charge >= 0.3 is 0 Å². The maximum Gasteiger partial charge on any atom is 0.261 e. The van der Waals surface area contributed by atoms with E-state index in [1.165, 1.54) is 0 Å². The Morgan fingerprint density at radius 3 is 2.41 bits per heavy atom. The molecule has 0 saturated carbocycles. The van der Waals surface area contributed by atoms with Gasteiger partial charge in [-0.05, 0) is 54.8 Å². The standard InChI is InChI=1S/C27H29N3O2/c1-4-17-30-25(28-23-14-10-9-13-22(23)27(30)32)24(5-2)29(6-3)26(31)21-16-15-19-11-7-8-12-20(19)18-21/h7-16,18,24H,4-6,17H2,1-3H3. The number of fused-ring (bicyclic) bond motifs is 2. The fourth-order valence-electron chi connectivity index (χ4n) is 4.42. The molecule has 4 aromatic rings. The van der Waals surface area contributed by atoms with Crippen LogP contribution in [-0.4, -0.2) is 26.9 Å². The predicted molar refractivity (Wildman–Crippen MR) is 130 cm³/mol. The molecular weight excluding hydrogens is 398 g/mol. The van der Waals surface area contributed by atoms with E-state index >= 15 is 0 Å². The summed E-state index contributed by atoms with van der Waals surface area (Å²) >= 11 is 0. The Balaban J connectivity index is 1.81. The number of para-hydroxylation sites is 1. The lowest BCUT2D eigenvalue weighted by Gasteiger charge is -2.31. The molecule has 0 N–H and O–H groups in total. The molecule has 164 valence electrons. The predicted octanol–water partition coefficient (Wildman–Crippen LogP) is 5.57. The van der Waals surface area contributed by atoms with Crippen molar-refractivity contribution in [2.75, 3.05) is 6.54 Å². The zero-order valence-corrected chi connectivity index (χ0v) is 18.9. The van der Waals surface area contributed by atoms with Crippen LogP contribution in [0.2, 0.25) is 0 Å². The quantitative estimate of drug-likeness (QED) is 0.387. The minimum atomic E-state index is -0.289. The number of amides is 1. The third-order valence-electron chi connectivity index (χ3n) is 6.00. The molecule has 0 aliphatic rings. The van der Waals surface area contributed by atoms with E-state index in [2.05, 4.69) is 0 Å². The van der Waals surface area contributed by atoms with Gasteiger partial charge in [0.25, 0.3) is 11.5 Å². The first kappa shape index (κ1) is 21.8. The van der Waals surface area contributed by atoms with Gasteiger partial charge in [0.05, 0.1) is 16.9 Å². The zero-order chi connectivity index (χ0) is 22.7. The summed E-state index contributed by atoms with van der Waals surface area (Å²) in [7, 11) is 0. The van der Waals surface area contributed by atoms with Gasteiger partial charge in [-0.1, -0.05) is 56.3 Å². The van der Waals surface area contributed by atoms with Crippen LogP contribution in [0.4, 0.5) is 0 Å². The lowest BCUT2D eigenvalue weighted by Crippen LogP contribution is -2.38. The molecule has 1 unspecified atom stereocenters. The van der Waals surface area contributed by atoms with E-state index in [1.54, 1.807) is 4.57 Å². The summed E-state index contributed by atoms with van der Waals surface area (Å²) in [6, 6.07) is 21.0. The molecule has 0 aliphatic carbocycles. The highest BCUT2D eigenvalue weighted by Crippen LogP contribution is 2.26. The molecule has 0 spiro atoms. The number of benzene rings is 3. The summed E-state index contributed by atoms with van der Waals surface area (Å²) in [5, 5.41) is 2.75. The molecule has 1 aromatic heterocycles.